The first kappa shape index (κ1) is 17.4. The third-order valence-electron chi connectivity index (χ3n) is 2.80. The Bertz CT molecular complexity index is 821. The number of nitro groups is 1. The molecule has 0 aliphatic rings. The lowest BCUT2D eigenvalue weighted by Gasteiger charge is -2.09. The summed E-state index contributed by atoms with van der Waals surface area (Å²) in [5, 5.41) is 10.5. The Morgan fingerprint density at radius 1 is 1.08 bits per heavy atom. The van der Waals surface area contributed by atoms with Gasteiger partial charge >= 0.3 is 0 Å². The standard InChI is InChI=1S/C14H13N3O6S/c18-14(10-23-12-8-6-11(7-9-12)17(19)20)15-16-24(21,22)13-4-2-1-3-5-13/h1-9,16H,10H2,(H,15,18). The van der Waals surface area contributed by atoms with Crippen molar-refractivity contribution in [2.24, 2.45) is 0 Å². The summed E-state index contributed by atoms with van der Waals surface area (Å²) in [5.74, 6) is -0.491. The van der Waals surface area contributed by atoms with E-state index in [4.69, 9.17) is 4.74 Å². The second kappa shape index (κ2) is 7.53. The summed E-state index contributed by atoms with van der Waals surface area (Å²) < 4.78 is 28.9. The Morgan fingerprint density at radius 3 is 2.29 bits per heavy atom. The number of ether oxygens (including phenoxy) is 1. The predicted molar refractivity (Wildman–Crippen MR) is 83.5 cm³/mol. The molecule has 2 N–H and O–H groups in total. The molecule has 24 heavy (non-hydrogen) atoms. The maximum atomic E-state index is 11.9. The number of benzene rings is 2. The molecule has 0 aromatic heterocycles. The van der Waals surface area contributed by atoms with Gasteiger partial charge in [0.15, 0.2) is 6.61 Å². The molecule has 0 bridgehead atoms. The number of hydrogen-bond acceptors (Lipinski definition) is 6. The number of non-ortho nitro benzene ring substituents is 1. The molecule has 9 nitrogen and oxygen atoms in total. The topological polar surface area (TPSA) is 128 Å². The van der Waals surface area contributed by atoms with Crippen molar-refractivity contribution in [2.45, 2.75) is 4.90 Å². The third kappa shape index (κ3) is 4.76. The van der Waals surface area contributed by atoms with Crippen LogP contribution in [0.2, 0.25) is 0 Å². The summed E-state index contributed by atoms with van der Waals surface area (Å²) in [6, 6.07) is 12.6. The third-order valence-corrected chi connectivity index (χ3v) is 4.06. The molecule has 0 unspecified atom stereocenters. The molecule has 0 aliphatic heterocycles. The fraction of sp³-hybridized carbons (Fsp3) is 0.0714. The monoisotopic (exact) mass is 351 g/mol. The van der Waals surface area contributed by atoms with E-state index < -0.39 is 27.5 Å². The second-order valence-corrected chi connectivity index (χ2v) is 6.19. The molecule has 2 aromatic carbocycles. The molecule has 0 saturated heterocycles. The highest BCUT2D eigenvalue weighted by Crippen LogP contribution is 2.17. The van der Waals surface area contributed by atoms with Crippen LogP contribution in [-0.4, -0.2) is 25.9 Å². The van der Waals surface area contributed by atoms with Gasteiger partial charge in [0.05, 0.1) is 9.82 Å². The molecule has 0 atom stereocenters. The van der Waals surface area contributed by atoms with Gasteiger partial charge in [-0.1, -0.05) is 18.2 Å². The minimum atomic E-state index is -3.87. The number of nitrogens with one attached hydrogen (secondary N) is 2. The van der Waals surface area contributed by atoms with Crippen LogP contribution in [0.4, 0.5) is 5.69 Å². The van der Waals surface area contributed by atoms with Gasteiger partial charge in [-0.2, -0.15) is 0 Å². The quantitative estimate of drug-likeness (QED) is 0.565. The van der Waals surface area contributed by atoms with Crippen molar-refractivity contribution in [1.82, 2.24) is 10.3 Å². The van der Waals surface area contributed by atoms with Crippen LogP contribution in [0.1, 0.15) is 0 Å². The van der Waals surface area contributed by atoms with Gasteiger partial charge < -0.3 is 4.74 Å². The number of carbonyl (C=O) groups excluding carboxylic acids is 1. The van der Waals surface area contributed by atoms with E-state index >= 15 is 0 Å². The van der Waals surface area contributed by atoms with Gasteiger partial charge in [-0.25, -0.2) is 8.42 Å². The van der Waals surface area contributed by atoms with Crippen molar-refractivity contribution in [2.75, 3.05) is 6.61 Å². The van der Waals surface area contributed by atoms with Gasteiger partial charge in [0.25, 0.3) is 21.6 Å². The van der Waals surface area contributed by atoms with E-state index in [1.165, 1.54) is 36.4 Å². The Labute approximate surface area is 137 Å². The highest BCUT2D eigenvalue weighted by molar-refractivity contribution is 7.89. The molecule has 0 saturated carbocycles. The zero-order valence-electron chi connectivity index (χ0n) is 12.2. The summed E-state index contributed by atoms with van der Waals surface area (Å²) in [6.07, 6.45) is 0. The summed E-state index contributed by atoms with van der Waals surface area (Å²) in [5.41, 5.74) is 1.90. The van der Waals surface area contributed by atoms with Crippen LogP contribution < -0.4 is 15.0 Å². The van der Waals surface area contributed by atoms with E-state index in [1.54, 1.807) is 18.2 Å². The maximum absolute atomic E-state index is 11.9. The van der Waals surface area contributed by atoms with Crippen LogP contribution in [0.25, 0.3) is 0 Å². The van der Waals surface area contributed by atoms with Crippen molar-refractivity contribution in [3.8, 4) is 5.75 Å². The Kier molecular flexibility index (Phi) is 5.45. The zero-order valence-corrected chi connectivity index (χ0v) is 13.0. The molecule has 10 heteroatoms. The summed E-state index contributed by atoms with van der Waals surface area (Å²) in [6.45, 7) is -0.463. The Morgan fingerprint density at radius 2 is 1.71 bits per heavy atom. The van der Waals surface area contributed by atoms with Crippen LogP contribution >= 0.6 is 0 Å². The van der Waals surface area contributed by atoms with Gasteiger partial charge in [0.1, 0.15) is 5.75 Å². The maximum Gasteiger partial charge on any atom is 0.272 e. The number of nitro benzene ring substituents is 1. The van der Waals surface area contributed by atoms with Crippen LogP contribution in [0, 0.1) is 10.1 Å². The minimum Gasteiger partial charge on any atom is -0.484 e. The normalized spacial score (nSPS) is 10.8. The largest absolute Gasteiger partial charge is 0.484 e. The molecular weight excluding hydrogens is 338 g/mol. The molecule has 1 amide bonds. The van der Waals surface area contributed by atoms with Crippen molar-refractivity contribution < 1.29 is 22.9 Å². The van der Waals surface area contributed by atoms with Crippen molar-refractivity contribution >= 4 is 21.6 Å². The number of hydrazine groups is 1. The smallest absolute Gasteiger partial charge is 0.272 e. The lowest BCUT2D eigenvalue weighted by molar-refractivity contribution is -0.384. The molecule has 0 heterocycles. The van der Waals surface area contributed by atoms with Crippen molar-refractivity contribution in [1.29, 1.82) is 0 Å². The molecule has 0 fully saturated rings. The van der Waals surface area contributed by atoms with E-state index in [9.17, 15) is 23.3 Å². The van der Waals surface area contributed by atoms with Crippen LogP contribution in [0.5, 0.6) is 5.75 Å². The number of sulfonamides is 1. The molecule has 2 rings (SSSR count). The average molecular weight is 351 g/mol. The van der Waals surface area contributed by atoms with Crippen LogP contribution in [0.3, 0.4) is 0 Å². The summed E-state index contributed by atoms with van der Waals surface area (Å²) in [7, 11) is -3.87. The van der Waals surface area contributed by atoms with E-state index in [2.05, 4.69) is 0 Å². The van der Waals surface area contributed by atoms with E-state index in [0.29, 0.717) is 0 Å². The average Bonchev–Trinajstić information content (AvgIpc) is 2.59. The molecule has 0 aliphatic carbocycles. The number of hydrogen-bond donors (Lipinski definition) is 2. The Hall–Kier alpha value is -2.98. The summed E-state index contributed by atoms with van der Waals surface area (Å²) in [4.78, 5) is 23.5. The van der Waals surface area contributed by atoms with E-state index in [-0.39, 0.29) is 16.3 Å². The Balaban J connectivity index is 1.84. The zero-order chi connectivity index (χ0) is 17.6. The minimum absolute atomic E-state index is 0.00147. The molecule has 126 valence electrons. The fourth-order valence-corrected chi connectivity index (χ4v) is 2.51. The van der Waals surface area contributed by atoms with Gasteiger partial charge in [-0.3, -0.25) is 20.3 Å². The van der Waals surface area contributed by atoms with Crippen LogP contribution in [-0.2, 0) is 14.8 Å². The first-order valence-electron chi connectivity index (χ1n) is 6.61. The highest BCUT2D eigenvalue weighted by Gasteiger charge is 2.14. The number of carbonyl (C=O) groups is 1. The van der Waals surface area contributed by atoms with Gasteiger partial charge in [0.2, 0.25) is 0 Å². The number of nitrogens with zero attached hydrogens (tertiary/aromatic N) is 1. The first-order valence-corrected chi connectivity index (χ1v) is 8.10. The first-order chi connectivity index (χ1) is 11.4. The van der Waals surface area contributed by atoms with Gasteiger partial charge in [-0.15, -0.1) is 4.83 Å². The lowest BCUT2D eigenvalue weighted by Crippen LogP contribution is -2.43. The number of amides is 1. The van der Waals surface area contributed by atoms with E-state index in [0.717, 1.165) is 0 Å². The van der Waals surface area contributed by atoms with Crippen molar-refractivity contribution in [3.05, 3.63) is 64.7 Å². The summed E-state index contributed by atoms with van der Waals surface area (Å²) >= 11 is 0. The van der Waals surface area contributed by atoms with Crippen LogP contribution in [0.15, 0.2) is 59.5 Å². The number of rotatable bonds is 7. The van der Waals surface area contributed by atoms with Gasteiger partial charge in [0, 0.05) is 12.1 Å². The predicted octanol–water partition coefficient (Wildman–Crippen LogP) is 0.983. The van der Waals surface area contributed by atoms with Gasteiger partial charge in [-0.05, 0) is 24.3 Å². The fourth-order valence-electron chi connectivity index (χ4n) is 1.63. The second-order valence-electron chi connectivity index (χ2n) is 4.51. The molecule has 2 aromatic rings. The SMILES string of the molecule is O=C(COc1ccc([N+](=O)[O-])cc1)NNS(=O)(=O)c1ccccc1. The van der Waals surface area contributed by atoms with Crippen molar-refractivity contribution in [3.63, 3.8) is 0 Å². The highest BCUT2D eigenvalue weighted by atomic mass is 32.2. The lowest BCUT2D eigenvalue weighted by atomic mass is 10.3. The molecular formula is C14H13N3O6S. The van der Waals surface area contributed by atoms with E-state index in [1.807, 2.05) is 10.3 Å². The molecule has 0 radical (unpaired) electrons. The molecule has 0 spiro atoms.